The molecular weight excluding hydrogens is 354 g/mol. The van der Waals surface area contributed by atoms with Crippen molar-refractivity contribution in [2.75, 3.05) is 18.4 Å². The number of nitro groups is 1. The van der Waals surface area contributed by atoms with Crippen molar-refractivity contribution in [1.82, 2.24) is 4.90 Å². The van der Waals surface area contributed by atoms with E-state index in [-0.39, 0.29) is 16.6 Å². The van der Waals surface area contributed by atoms with Crippen LogP contribution in [0.2, 0.25) is 5.02 Å². The van der Waals surface area contributed by atoms with Crippen LogP contribution < -0.4 is 5.32 Å². The van der Waals surface area contributed by atoms with Crippen LogP contribution in [0.25, 0.3) is 0 Å². The molecule has 2 aromatic carbocycles. The molecule has 7 heteroatoms. The minimum Gasteiger partial charge on any atom is -0.324 e. The Balaban J connectivity index is 1.86. The first-order valence-electron chi connectivity index (χ1n) is 8.60. The van der Waals surface area contributed by atoms with Gasteiger partial charge >= 0.3 is 0 Å². The summed E-state index contributed by atoms with van der Waals surface area (Å²) < 4.78 is 0. The molecule has 0 aromatic heterocycles. The second kappa shape index (κ2) is 8.29. The first-order chi connectivity index (χ1) is 12.6. The maximum Gasteiger partial charge on any atom is 0.289 e. The lowest BCUT2D eigenvalue weighted by Crippen LogP contribution is -2.40. The summed E-state index contributed by atoms with van der Waals surface area (Å²) in [6.45, 7) is 1.71. The van der Waals surface area contributed by atoms with Gasteiger partial charge in [-0.1, -0.05) is 48.4 Å². The van der Waals surface area contributed by atoms with Crippen molar-refractivity contribution in [3.8, 4) is 0 Å². The number of benzene rings is 2. The van der Waals surface area contributed by atoms with E-state index in [4.69, 9.17) is 11.6 Å². The summed E-state index contributed by atoms with van der Waals surface area (Å²) in [4.78, 5) is 25.7. The molecular formula is C19H20ClN3O3. The molecule has 0 spiro atoms. The summed E-state index contributed by atoms with van der Waals surface area (Å²) in [5.74, 6) is -0.199. The Labute approximate surface area is 156 Å². The smallest absolute Gasteiger partial charge is 0.289 e. The maximum absolute atomic E-state index is 13.0. The number of carbonyl (C=O) groups is 1. The maximum atomic E-state index is 13.0. The largest absolute Gasteiger partial charge is 0.324 e. The van der Waals surface area contributed by atoms with Crippen LogP contribution in [-0.4, -0.2) is 28.8 Å². The lowest BCUT2D eigenvalue weighted by Gasteiger charge is -2.33. The summed E-state index contributed by atoms with van der Waals surface area (Å²) >= 11 is 5.85. The number of carbonyl (C=O) groups excluding carboxylic acids is 1. The van der Waals surface area contributed by atoms with Gasteiger partial charge < -0.3 is 5.32 Å². The Morgan fingerprint density at radius 1 is 1.12 bits per heavy atom. The van der Waals surface area contributed by atoms with Crippen molar-refractivity contribution in [1.29, 1.82) is 0 Å². The molecule has 1 fully saturated rings. The molecule has 1 aliphatic rings. The van der Waals surface area contributed by atoms with Gasteiger partial charge in [0.1, 0.15) is 11.1 Å². The predicted molar refractivity (Wildman–Crippen MR) is 101 cm³/mol. The molecule has 1 amide bonds. The summed E-state index contributed by atoms with van der Waals surface area (Å²) in [5.41, 5.74) is 1.05. The molecule has 0 bridgehead atoms. The lowest BCUT2D eigenvalue weighted by atomic mass is 10.0. The van der Waals surface area contributed by atoms with Crippen LogP contribution in [0.5, 0.6) is 0 Å². The van der Waals surface area contributed by atoms with Gasteiger partial charge in [-0.2, -0.15) is 0 Å². The monoisotopic (exact) mass is 373 g/mol. The number of nitrogens with one attached hydrogen (secondary N) is 1. The van der Waals surface area contributed by atoms with E-state index in [1.165, 1.54) is 18.6 Å². The number of hydrogen-bond acceptors (Lipinski definition) is 4. The van der Waals surface area contributed by atoms with Crippen molar-refractivity contribution in [3.63, 3.8) is 0 Å². The zero-order valence-corrected chi connectivity index (χ0v) is 15.0. The number of anilines is 1. The number of hydrogen-bond donors (Lipinski definition) is 1. The molecule has 1 N–H and O–H groups in total. The molecule has 3 rings (SSSR count). The van der Waals surface area contributed by atoms with Gasteiger partial charge in [0.25, 0.3) is 5.69 Å². The normalized spacial score (nSPS) is 16.0. The number of nitrogens with zero attached hydrogens (tertiary/aromatic N) is 2. The van der Waals surface area contributed by atoms with Gasteiger partial charge in [-0.25, -0.2) is 0 Å². The summed E-state index contributed by atoms with van der Waals surface area (Å²) in [5, 5.41) is 13.9. The molecule has 0 radical (unpaired) electrons. The lowest BCUT2D eigenvalue weighted by molar-refractivity contribution is -0.384. The van der Waals surface area contributed by atoms with Gasteiger partial charge in [0.2, 0.25) is 5.91 Å². The van der Waals surface area contributed by atoms with E-state index in [1.807, 2.05) is 30.3 Å². The Hall–Kier alpha value is -2.44. The van der Waals surface area contributed by atoms with E-state index < -0.39 is 11.0 Å². The number of rotatable bonds is 5. The second-order valence-corrected chi connectivity index (χ2v) is 6.73. The third kappa shape index (κ3) is 4.20. The number of nitro benzene ring substituents is 1. The SMILES string of the molecule is O=C(Nc1ccc(Cl)c([N+](=O)[O-])c1)[C@H](c1ccccc1)N1CCCCC1. The van der Waals surface area contributed by atoms with E-state index in [2.05, 4.69) is 10.2 Å². The van der Waals surface area contributed by atoms with Gasteiger partial charge in [0, 0.05) is 11.8 Å². The number of piperidine rings is 1. The molecule has 1 heterocycles. The molecule has 1 saturated heterocycles. The Morgan fingerprint density at radius 2 is 1.81 bits per heavy atom. The van der Waals surface area contributed by atoms with Gasteiger partial charge in [0.05, 0.1) is 4.92 Å². The van der Waals surface area contributed by atoms with Crippen molar-refractivity contribution < 1.29 is 9.72 Å². The molecule has 6 nitrogen and oxygen atoms in total. The Morgan fingerprint density at radius 3 is 2.46 bits per heavy atom. The molecule has 0 aliphatic carbocycles. The highest BCUT2D eigenvalue weighted by atomic mass is 35.5. The van der Waals surface area contributed by atoms with Crippen molar-refractivity contribution in [2.45, 2.75) is 25.3 Å². The molecule has 1 atom stereocenters. The van der Waals surface area contributed by atoms with Crippen LogP contribution in [0.15, 0.2) is 48.5 Å². The predicted octanol–water partition coefficient (Wildman–Crippen LogP) is 4.41. The Kier molecular flexibility index (Phi) is 5.85. The van der Waals surface area contributed by atoms with Gasteiger partial charge in [-0.15, -0.1) is 0 Å². The standard InChI is InChI=1S/C19H20ClN3O3/c20-16-10-9-15(13-17(16)23(25)26)21-19(24)18(14-7-3-1-4-8-14)22-11-5-2-6-12-22/h1,3-4,7-10,13,18H,2,5-6,11-12H2,(H,21,24)/t18-/m0/s1. The van der Waals surface area contributed by atoms with E-state index in [0.717, 1.165) is 31.5 Å². The summed E-state index contributed by atoms with van der Waals surface area (Å²) in [6.07, 6.45) is 3.29. The zero-order valence-electron chi connectivity index (χ0n) is 14.2. The summed E-state index contributed by atoms with van der Waals surface area (Å²) in [6, 6.07) is 13.5. The Bertz CT molecular complexity index is 792. The van der Waals surface area contributed by atoms with Crippen LogP contribution in [0.3, 0.4) is 0 Å². The fraction of sp³-hybridized carbons (Fsp3) is 0.316. The van der Waals surface area contributed by atoms with Crippen molar-refractivity contribution >= 4 is 28.9 Å². The van der Waals surface area contributed by atoms with Gasteiger partial charge in [-0.05, 0) is 43.6 Å². The quantitative estimate of drug-likeness (QED) is 0.622. The average molecular weight is 374 g/mol. The van der Waals surface area contributed by atoms with Crippen molar-refractivity contribution in [2.24, 2.45) is 0 Å². The minimum atomic E-state index is -0.558. The fourth-order valence-corrected chi connectivity index (χ4v) is 3.47. The van der Waals surface area contributed by atoms with E-state index >= 15 is 0 Å². The van der Waals surface area contributed by atoms with E-state index in [1.54, 1.807) is 6.07 Å². The highest BCUT2D eigenvalue weighted by molar-refractivity contribution is 6.32. The molecule has 0 saturated carbocycles. The average Bonchev–Trinajstić information content (AvgIpc) is 2.65. The van der Waals surface area contributed by atoms with Crippen LogP contribution in [-0.2, 0) is 4.79 Å². The van der Waals surface area contributed by atoms with Crippen LogP contribution >= 0.6 is 11.6 Å². The number of amides is 1. The minimum absolute atomic E-state index is 0.0450. The second-order valence-electron chi connectivity index (χ2n) is 6.32. The highest BCUT2D eigenvalue weighted by Gasteiger charge is 2.29. The molecule has 26 heavy (non-hydrogen) atoms. The molecule has 136 valence electrons. The van der Waals surface area contributed by atoms with Crippen LogP contribution in [0.1, 0.15) is 30.9 Å². The third-order valence-electron chi connectivity index (χ3n) is 4.53. The number of halogens is 1. The van der Waals surface area contributed by atoms with E-state index in [0.29, 0.717) is 5.69 Å². The first-order valence-corrected chi connectivity index (χ1v) is 8.98. The van der Waals surface area contributed by atoms with E-state index in [9.17, 15) is 14.9 Å². The third-order valence-corrected chi connectivity index (χ3v) is 4.85. The molecule has 2 aromatic rings. The topological polar surface area (TPSA) is 75.5 Å². The summed E-state index contributed by atoms with van der Waals surface area (Å²) in [7, 11) is 0. The van der Waals surface area contributed by atoms with Gasteiger partial charge in [-0.3, -0.25) is 19.8 Å². The van der Waals surface area contributed by atoms with Gasteiger partial charge in [0.15, 0.2) is 0 Å². The van der Waals surface area contributed by atoms with Crippen molar-refractivity contribution in [3.05, 3.63) is 69.2 Å². The molecule has 0 unspecified atom stereocenters. The first kappa shape index (κ1) is 18.4. The highest BCUT2D eigenvalue weighted by Crippen LogP contribution is 2.30. The molecule has 1 aliphatic heterocycles. The van der Waals surface area contributed by atoms with Crippen LogP contribution in [0.4, 0.5) is 11.4 Å². The fourth-order valence-electron chi connectivity index (χ4n) is 3.28. The zero-order chi connectivity index (χ0) is 18.5. The van der Waals surface area contributed by atoms with Crippen LogP contribution in [0, 0.1) is 10.1 Å². The number of likely N-dealkylation sites (tertiary alicyclic amines) is 1.